The van der Waals surface area contributed by atoms with Crippen molar-refractivity contribution in [2.45, 2.75) is 117 Å². The van der Waals surface area contributed by atoms with Gasteiger partial charge in [0.2, 0.25) is 0 Å². The van der Waals surface area contributed by atoms with Gasteiger partial charge < -0.3 is 29.0 Å². The highest BCUT2D eigenvalue weighted by Gasteiger charge is 2.40. The summed E-state index contributed by atoms with van der Waals surface area (Å²) in [7, 11) is 4.07. The summed E-state index contributed by atoms with van der Waals surface area (Å²) in [5, 5.41) is 11.1. The van der Waals surface area contributed by atoms with Gasteiger partial charge in [0.15, 0.2) is 18.4 Å². The predicted octanol–water partition coefficient (Wildman–Crippen LogP) is 4.22. The molecule has 0 aliphatic carbocycles. The highest BCUT2D eigenvalue weighted by atomic mass is 16.7. The van der Waals surface area contributed by atoms with Crippen LogP contribution in [0.15, 0.2) is 30.4 Å². The summed E-state index contributed by atoms with van der Waals surface area (Å²) in [5.41, 5.74) is 0.421. The van der Waals surface area contributed by atoms with E-state index in [-0.39, 0.29) is 29.6 Å². The first-order chi connectivity index (χ1) is 20.2. The van der Waals surface area contributed by atoms with E-state index in [9.17, 15) is 19.5 Å². The number of carbonyl (C=O) groups excluding carboxylic acids is 3. The van der Waals surface area contributed by atoms with Crippen LogP contribution in [-0.2, 0) is 28.5 Å². The quantitative estimate of drug-likeness (QED) is 0.521. The highest BCUT2D eigenvalue weighted by molar-refractivity contribution is 5.96. The molecular weight excluding hydrogens is 554 g/mol. The van der Waals surface area contributed by atoms with Gasteiger partial charge in [-0.3, -0.25) is 9.59 Å². The monoisotopic (exact) mass is 605 g/mol. The third-order valence-corrected chi connectivity index (χ3v) is 8.88. The van der Waals surface area contributed by atoms with Crippen molar-refractivity contribution >= 4 is 17.7 Å². The number of ether oxygens (including phenoxy) is 4. The lowest BCUT2D eigenvalue weighted by molar-refractivity contribution is -0.238. The average Bonchev–Trinajstić information content (AvgIpc) is 3.51. The average molecular weight is 606 g/mol. The maximum absolute atomic E-state index is 13.8. The minimum absolute atomic E-state index is 0.00444. The zero-order valence-corrected chi connectivity index (χ0v) is 27.1. The molecule has 1 aromatic heterocycles. The van der Waals surface area contributed by atoms with Crippen molar-refractivity contribution < 1.29 is 38.4 Å². The molecule has 1 saturated heterocycles. The molecule has 11 heteroatoms. The molecule has 2 aliphatic rings. The Hall–Kier alpha value is -2.44. The third kappa shape index (κ3) is 9.04. The molecule has 0 amide bonds. The number of aliphatic hydroxyl groups is 1. The number of ketones is 2. The van der Waals surface area contributed by atoms with Crippen molar-refractivity contribution in [1.29, 1.82) is 0 Å². The molecule has 3 rings (SSSR count). The highest BCUT2D eigenvalue weighted by Crippen LogP contribution is 2.33. The van der Waals surface area contributed by atoms with Crippen molar-refractivity contribution in [3.63, 3.8) is 0 Å². The lowest BCUT2D eigenvalue weighted by Crippen LogP contribution is -2.48. The van der Waals surface area contributed by atoms with Gasteiger partial charge in [-0.2, -0.15) is 0 Å². The Morgan fingerprint density at radius 2 is 1.79 bits per heavy atom. The van der Waals surface area contributed by atoms with Crippen LogP contribution >= 0.6 is 0 Å². The topological polar surface area (TPSA) is 129 Å². The fourth-order valence-corrected chi connectivity index (χ4v) is 6.20. The lowest BCUT2D eigenvalue weighted by Gasteiger charge is -2.41. The minimum Gasteiger partial charge on any atom is -0.439 e. The van der Waals surface area contributed by atoms with E-state index >= 15 is 0 Å². The van der Waals surface area contributed by atoms with E-state index in [2.05, 4.69) is 9.88 Å². The van der Waals surface area contributed by atoms with Crippen molar-refractivity contribution in [3.05, 3.63) is 30.4 Å². The first kappa shape index (κ1) is 35.0. The van der Waals surface area contributed by atoms with Gasteiger partial charge in [0.05, 0.1) is 18.1 Å². The fourth-order valence-electron chi connectivity index (χ4n) is 6.20. The Balaban J connectivity index is 1.94. The lowest BCUT2D eigenvalue weighted by atomic mass is 9.80. The van der Waals surface area contributed by atoms with Crippen molar-refractivity contribution in [2.24, 2.45) is 23.7 Å². The molecular formula is C32H51N3O8. The summed E-state index contributed by atoms with van der Waals surface area (Å²) in [6.07, 6.45) is 3.12. The molecule has 0 spiro atoms. The summed E-state index contributed by atoms with van der Waals surface area (Å²) < 4.78 is 25.7. The van der Waals surface area contributed by atoms with Gasteiger partial charge in [-0.1, -0.05) is 34.6 Å². The summed E-state index contributed by atoms with van der Waals surface area (Å²) in [6, 6.07) is 0.276. The van der Waals surface area contributed by atoms with Gasteiger partial charge in [-0.15, -0.1) is 0 Å². The Morgan fingerprint density at radius 1 is 1.09 bits per heavy atom. The number of aromatic nitrogens is 2. The minimum atomic E-state index is -1.47. The number of carbonyl (C=O) groups is 3. The van der Waals surface area contributed by atoms with E-state index in [1.165, 1.54) is 23.3 Å². The number of hydrogen-bond acceptors (Lipinski definition) is 10. The maximum Gasteiger partial charge on any atom is 0.419 e. The standard InChI is InChI=1S/C32H51N3O8/c1-10-25-26(42-32(39)35-12-11-33-17-35)14-19(3)28(36)18(2)13-20(4)30(22(6)29(37)23(7)31(38)41-25)43-27-16-24(34(8)9)15-21(5)40-27/h11-12,14,17-18,20-27,30-31,38H,10,13,15-16H2,1-9H3/b19-14+/t18-,20+,21-,22+,23-,24+,25-,26+,27+,30+,31?/m1/s1. The molecule has 0 aromatic carbocycles. The van der Waals surface area contributed by atoms with Crippen LogP contribution in [0, 0.1) is 23.7 Å². The first-order valence-corrected chi connectivity index (χ1v) is 15.5. The van der Waals surface area contributed by atoms with Crippen LogP contribution in [0.3, 0.4) is 0 Å². The number of rotatable bonds is 5. The molecule has 1 N–H and O–H groups in total. The van der Waals surface area contributed by atoms with Gasteiger partial charge in [0, 0.05) is 36.7 Å². The van der Waals surface area contributed by atoms with Crippen LogP contribution in [0.5, 0.6) is 0 Å². The third-order valence-electron chi connectivity index (χ3n) is 8.88. The molecule has 3 heterocycles. The number of imidazole rings is 1. The Labute approximate surface area is 255 Å². The molecule has 2 aliphatic heterocycles. The summed E-state index contributed by atoms with van der Waals surface area (Å²) in [4.78, 5) is 46.3. The van der Waals surface area contributed by atoms with Gasteiger partial charge in [-0.05, 0) is 64.8 Å². The summed E-state index contributed by atoms with van der Waals surface area (Å²) in [6.45, 7) is 12.8. The first-order valence-electron chi connectivity index (χ1n) is 15.5. The van der Waals surface area contributed by atoms with Gasteiger partial charge in [0.1, 0.15) is 24.3 Å². The van der Waals surface area contributed by atoms with E-state index in [1.54, 1.807) is 26.8 Å². The second-order valence-corrected chi connectivity index (χ2v) is 12.7. The molecule has 1 unspecified atom stereocenters. The molecule has 0 bridgehead atoms. The molecule has 43 heavy (non-hydrogen) atoms. The van der Waals surface area contributed by atoms with Crippen LogP contribution in [0.4, 0.5) is 4.79 Å². The molecule has 11 atom stereocenters. The van der Waals surface area contributed by atoms with Crippen LogP contribution in [0.2, 0.25) is 0 Å². The SMILES string of the molecule is CC[C@H]1OC(O)[C@H](C)C(=O)[C@H](C)[C@@H](O[C@H]2C[C@@H](N(C)C)C[C@@H](C)O2)[C@@H](C)C[C@@H](C)C(=O)/C(C)=C/[C@@H]1OC(=O)n1ccnc1. The molecule has 1 fully saturated rings. The van der Waals surface area contributed by atoms with E-state index in [1.807, 2.05) is 41.8 Å². The van der Waals surface area contributed by atoms with Gasteiger partial charge in [-0.25, -0.2) is 14.3 Å². The van der Waals surface area contributed by atoms with Gasteiger partial charge in [0.25, 0.3) is 0 Å². The second-order valence-electron chi connectivity index (χ2n) is 12.7. The van der Waals surface area contributed by atoms with E-state index in [0.29, 0.717) is 24.8 Å². The second kappa shape index (κ2) is 15.5. The summed E-state index contributed by atoms with van der Waals surface area (Å²) >= 11 is 0. The molecule has 0 radical (unpaired) electrons. The van der Waals surface area contributed by atoms with E-state index in [4.69, 9.17) is 18.9 Å². The number of aliphatic hydroxyl groups excluding tert-OH is 1. The zero-order chi connectivity index (χ0) is 32.0. The number of hydrogen-bond donors (Lipinski definition) is 1. The summed E-state index contributed by atoms with van der Waals surface area (Å²) in [5.74, 6) is -2.40. The molecule has 11 nitrogen and oxygen atoms in total. The van der Waals surface area contributed by atoms with Crippen LogP contribution in [0.1, 0.15) is 74.1 Å². The maximum atomic E-state index is 13.8. The predicted molar refractivity (Wildman–Crippen MR) is 160 cm³/mol. The van der Waals surface area contributed by atoms with E-state index < -0.39 is 54.7 Å². The van der Waals surface area contributed by atoms with E-state index in [0.717, 1.165) is 6.42 Å². The number of Topliss-reactive ketones (excluding diaryl/α,β-unsaturated/α-hetero) is 2. The Kier molecular flexibility index (Phi) is 12.6. The van der Waals surface area contributed by atoms with Crippen LogP contribution in [-0.4, -0.2) is 94.4 Å². The Morgan fingerprint density at radius 3 is 2.40 bits per heavy atom. The fraction of sp³-hybridized carbons (Fsp3) is 0.750. The molecule has 1 aromatic rings. The Bertz CT molecular complexity index is 1110. The number of allylic oxidation sites excluding steroid dienone is 1. The smallest absolute Gasteiger partial charge is 0.419 e. The van der Waals surface area contributed by atoms with Crippen molar-refractivity contribution in [3.8, 4) is 0 Å². The van der Waals surface area contributed by atoms with Crippen LogP contribution < -0.4 is 0 Å². The van der Waals surface area contributed by atoms with Gasteiger partial charge >= 0.3 is 6.09 Å². The van der Waals surface area contributed by atoms with Crippen LogP contribution in [0.25, 0.3) is 0 Å². The molecule has 0 saturated carbocycles. The largest absolute Gasteiger partial charge is 0.439 e. The van der Waals surface area contributed by atoms with Crippen molar-refractivity contribution in [1.82, 2.24) is 14.5 Å². The zero-order valence-electron chi connectivity index (χ0n) is 27.1. The van der Waals surface area contributed by atoms with Crippen molar-refractivity contribution in [2.75, 3.05) is 14.1 Å². The molecule has 242 valence electrons. The number of nitrogens with zero attached hydrogens (tertiary/aromatic N) is 3. The normalized spacial score (nSPS) is 38.3.